The number of hydrogen-bond donors (Lipinski definition) is 2. The molecule has 1 aromatic carbocycles. The Morgan fingerprint density at radius 1 is 1.04 bits per heavy atom. The highest BCUT2D eigenvalue weighted by atomic mass is 32.2. The van der Waals surface area contributed by atoms with Crippen LogP contribution in [0.3, 0.4) is 0 Å². The molecule has 0 spiro atoms. The predicted molar refractivity (Wildman–Crippen MR) is 87.4 cm³/mol. The normalized spacial score (nSPS) is 12.0. The third-order valence-corrected chi connectivity index (χ3v) is 4.20. The third kappa shape index (κ3) is 4.62. The number of benzene rings is 1. The van der Waals surface area contributed by atoms with Gasteiger partial charge in [0.05, 0.1) is 4.90 Å². The number of nitrogens with one attached hydrogen (secondary N) is 2. The Morgan fingerprint density at radius 3 is 2.17 bits per heavy atom. The topological polar surface area (TPSA) is 84.0 Å². The molecule has 0 saturated carbocycles. The van der Waals surface area contributed by atoms with Crippen LogP contribution < -0.4 is 10.0 Å². The van der Waals surface area contributed by atoms with Gasteiger partial charge in [0.15, 0.2) is 5.82 Å². The van der Waals surface area contributed by atoms with Crippen LogP contribution >= 0.6 is 0 Å². The lowest BCUT2D eigenvalue weighted by molar-refractivity contribution is 0.598. The Balaban J connectivity index is 2.19. The Hall–Kier alpha value is -2.22. The first-order valence-corrected chi connectivity index (χ1v) is 8.46. The fourth-order valence-electron chi connectivity index (χ4n) is 1.82. The van der Waals surface area contributed by atoms with Gasteiger partial charge in [-0.3, -0.25) is 4.72 Å². The van der Waals surface area contributed by atoms with Crippen molar-refractivity contribution in [3.63, 3.8) is 0 Å². The Kier molecular flexibility index (Phi) is 4.56. The summed E-state index contributed by atoms with van der Waals surface area (Å²) in [5.74, 6) is 0.172. The van der Waals surface area contributed by atoms with Crippen molar-refractivity contribution >= 4 is 21.7 Å². The van der Waals surface area contributed by atoms with E-state index in [2.05, 4.69) is 20.2 Å². The SMILES string of the molecule is Cc1cc(S(=O)(=O)Nc2ccc(NC(C)(C)C)nn2)ccc1F. The van der Waals surface area contributed by atoms with E-state index < -0.39 is 15.8 Å². The van der Waals surface area contributed by atoms with Crippen LogP contribution in [0, 0.1) is 12.7 Å². The largest absolute Gasteiger partial charge is 0.364 e. The highest BCUT2D eigenvalue weighted by Gasteiger charge is 2.17. The smallest absolute Gasteiger partial charge is 0.263 e. The van der Waals surface area contributed by atoms with Crippen LogP contribution in [0.4, 0.5) is 16.0 Å². The van der Waals surface area contributed by atoms with Gasteiger partial charge in [-0.25, -0.2) is 12.8 Å². The van der Waals surface area contributed by atoms with Crippen LogP contribution in [0.25, 0.3) is 0 Å². The summed E-state index contributed by atoms with van der Waals surface area (Å²) in [4.78, 5) is -0.0323. The third-order valence-electron chi connectivity index (χ3n) is 2.85. The molecule has 2 aromatic rings. The van der Waals surface area contributed by atoms with Crippen LogP contribution in [0.2, 0.25) is 0 Å². The molecule has 1 heterocycles. The van der Waals surface area contributed by atoms with Crippen LogP contribution in [-0.4, -0.2) is 24.2 Å². The summed E-state index contributed by atoms with van der Waals surface area (Å²) in [5, 5.41) is 10.9. The lowest BCUT2D eigenvalue weighted by Crippen LogP contribution is -2.26. The molecular formula is C15H19FN4O2S. The van der Waals surface area contributed by atoms with Crippen LogP contribution in [0.15, 0.2) is 35.2 Å². The second-order valence-corrected chi connectivity index (χ2v) is 7.88. The molecule has 0 aliphatic rings. The number of rotatable bonds is 4. The van der Waals surface area contributed by atoms with Gasteiger partial charge in [-0.05, 0) is 63.6 Å². The van der Waals surface area contributed by atoms with Gasteiger partial charge >= 0.3 is 0 Å². The molecule has 0 radical (unpaired) electrons. The molecule has 0 aliphatic carbocycles. The van der Waals surface area contributed by atoms with Gasteiger partial charge in [-0.15, -0.1) is 10.2 Å². The zero-order chi connectivity index (χ0) is 17.3. The van der Waals surface area contributed by atoms with Crippen LogP contribution in [0.1, 0.15) is 26.3 Å². The molecule has 0 fully saturated rings. The second-order valence-electron chi connectivity index (χ2n) is 6.20. The molecule has 23 heavy (non-hydrogen) atoms. The van der Waals surface area contributed by atoms with Crippen LogP contribution in [-0.2, 0) is 10.0 Å². The summed E-state index contributed by atoms with van der Waals surface area (Å²) in [6.45, 7) is 7.42. The molecule has 0 aliphatic heterocycles. The standard InChI is InChI=1S/C15H19FN4O2S/c1-10-9-11(5-6-12(10)16)23(21,22)20-14-8-7-13(18-19-14)17-15(2,3)4/h5-9H,1-4H3,(H,17,18)(H,19,20). The molecule has 8 heteroatoms. The van der Waals surface area contributed by atoms with E-state index in [1.807, 2.05) is 20.8 Å². The van der Waals surface area contributed by atoms with Crippen molar-refractivity contribution in [2.75, 3.05) is 10.0 Å². The first-order valence-electron chi connectivity index (χ1n) is 6.98. The van der Waals surface area contributed by atoms with E-state index in [-0.39, 0.29) is 21.8 Å². The minimum absolute atomic E-state index is 0.0323. The zero-order valence-electron chi connectivity index (χ0n) is 13.4. The van der Waals surface area contributed by atoms with Crippen molar-refractivity contribution in [3.05, 3.63) is 41.7 Å². The van der Waals surface area contributed by atoms with E-state index in [0.29, 0.717) is 5.82 Å². The van der Waals surface area contributed by atoms with E-state index in [9.17, 15) is 12.8 Å². The summed E-state index contributed by atoms with van der Waals surface area (Å²) < 4.78 is 40.1. The van der Waals surface area contributed by atoms with E-state index >= 15 is 0 Å². The Morgan fingerprint density at radius 2 is 1.65 bits per heavy atom. The maximum absolute atomic E-state index is 13.2. The summed E-state index contributed by atoms with van der Waals surface area (Å²) >= 11 is 0. The number of nitrogens with zero attached hydrogens (tertiary/aromatic N) is 2. The van der Waals surface area contributed by atoms with Gasteiger partial charge in [-0.2, -0.15) is 0 Å². The Bertz CT molecular complexity index is 799. The van der Waals surface area contributed by atoms with Gasteiger partial charge < -0.3 is 5.32 Å². The highest BCUT2D eigenvalue weighted by Crippen LogP contribution is 2.18. The second kappa shape index (κ2) is 6.11. The molecular weight excluding hydrogens is 319 g/mol. The molecule has 0 atom stereocenters. The van der Waals surface area contributed by atoms with Crippen molar-refractivity contribution in [1.29, 1.82) is 0 Å². The fourth-order valence-corrected chi connectivity index (χ4v) is 2.90. The van der Waals surface area contributed by atoms with Crippen molar-refractivity contribution in [1.82, 2.24) is 10.2 Å². The minimum Gasteiger partial charge on any atom is -0.364 e. The molecule has 2 rings (SSSR count). The zero-order valence-corrected chi connectivity index (χ0v) is 14.2. The molecule has 0 amide bonds. The van der Waals surface area contributed by atoms with Crippen molar-refractivity contribution < 1.29 is 12.8 Å². The van der Waals surface area contributed by atoms with E-state index in [0.717, 1.165) is 6.07 Å². The number of aryl methyl sites for hydroxylation is 1. The first-order chi connectivity index (χ1) is 10.6. The van der Waals surface area contributed by atoms with Crippen molar-refractivity contribution in [2.45, 2.75) is 38.1 Å². The molecule has 0 saturated heterocycles. The van der Waals surface area contributed by atoms with Crippen molar-refractivity contribution in [3.8, 4) is 0 Å². The molecule has 1 aromatic heterocycles. The average Bonchev–Trinajstić information content (AvgIpc) is 2.42. The number of anilines is 2. The Labute approximate surface area is 135 Å². The lowest BCUT2D eigenvalue weighted by atomic mass is 10.1. The van der Waals surface area contributed by atoms with Crippen LogP contribution in [0.5, 0.6) is 0 Å². The number of sulfonamides is 1. The monoisotopic (exact) mass is 338 g/mol. The maximum Gasteiger partial charge on any atom is 0.263 e. The number of halogens is 1. The average molecular weight is 338 g/mol. The molecule has 0 bridgehead atoms. The molecule has 6 nitrogen and oxygen atoms in total. The van der Waals surface area contributed by atoms with Gasteiger partial charge in [0.25, 0.3) is 10.0 Å². The predicted octanol–water partition coefficient (Wildman–Crippen LogP) is 2.94. The first kappa shape index (κ1) is 17.1. The van der Waals surface area contributed by atoms with E-state index in [1.165, 1.54) is 25.1 Å². The minimum atomic E-state index is -3.84. The van der Waals surface area contributed by atoms with Gasteiger partial charge in [0.1, 0.15) is 11.6 Å². The lowest BCUT2D eigenvalue weighted by Gasteiger charge is -2.20. The van der Waals surface area contributed by atoms with E-state index in [1.54, 1.807) is 6.07 Å². The quantitative estimate of drug-likeness (QED) is 0.895. The summed E-state index contributed by atoms with van der Waals surface area (Å²) in [6.07, 6.45) is 0. The summed E-state index contributed by atoms with van der Waals surface area (Å²) in [6, 6.07) is 6.72. The van der Waals surface area contributed by atoms with Gasteiger partial charge in [0.2, 0.25) is 0 Å². The summed E-state index contributed by atoms with van der Waals surface area (Å²) in [7, 11) is -3.84. The molecule has 2 N–H and O–H groups in total. The fraction of sp³-hybridized carbons (Fsp3) is 0.333. The maximum atomic E-state index is 13.2. The van der Waals surface area contributed by atoms with E-state index in [4.69, 9.17) is 0 Å². The summed E-state index contributed by atoms with van der Waals surface area (Å²) in [5.41, 5.74) is 0.0742. The van der Waals surface area contributed by atoms with Crippen molar-refractivity contribution in [2.24, 2.45) is 0 Å². The number of hydrogen-bond acceptors (Lipinski definition) is 5. The molecule has 124 valence electrons. The van der Waals surface area contributed by atoms with Gasteiger partial charge in [0, 0.05) is 5.54 Å². The highest BCUT2D eigenvalue weighted by molar-refractivity contribution is 7.92. The molecule has 0 unspecified atom stereocenters. The number of aromatic nitrogens is 2. The van der Waals surface area contributed by atoms with Gasteiger partial charge in [-0.1, -0.05) is 0 Å².